The van der Waals surface area contributed by atoms with Crippen LogP contribution in [0.3, 0.4) is 0 Å². The molecule has 0 N–H and O–H groups in total. The lowest BCUT2D eigenvalue weighted by Gasteiger charge is -2.33. The van der Waals surface area contributed by atoms with Gasteiger partial charge in [-0.1, -0.05) is 74.1 Å². The van der Waals surface area contributed by atoms with Crippen LogP contribution in [0, 0.1) is 10.8 Å². The molecule has 17 heavy (non-hydrogen) atoms. The summed E-state index contributed by atoms with van der Waals surface area (Å²) in [6.07, 6.45) is 6.93. The van der Waals surface area contributed by atoms with Gasteiger partial charge in [0.1, 0.15) is 0 Å². The maximum Gasteiger partial charge on any atom is 0.0623 e. The molecule has 0 aromatic carbocycles. The monoisotopic (exact) mass is 242 g/mol. The van der Waals surface area contributed by atoms with E-state index < -0.39 is 0 Å². The molecule has 0 aliphatic heterocycles. The molecule has 0 aliphatic rings. The summed E-state index contributed by atoms with van der Waals surface area (Å²) in [5, 5.41) is 0. The van der Waals surface area contributed by atoms with Crippen LogP contribution in [0.25, 0.3) is 0 Å². The molecule has 1 nitrogen and oxygen atoms in total. The van der Waals surface area contributed by atoms with E-state index in [1.807, 2.05) is 0 Å². The zero-order chi connectivity index (χ0) is 13.5. The Bertz CT molecular complexity index is 183. The van der Waals surface area contributed by atoms with Crippen molar-refractivity contribution in [2.45, 2.75) is 86.7 Å². The lowest BCUT2D eigenvalue weighted by molar-refractivity contribution is -0.0523. The van der Waals surface area contributed by atoms with Gasteiger partial charge in [-0.3, -0.25) is 0 Å². The first kappa shape index (κ1) is 17.0. The summed E-state index contributed by atoms with van der Waals surface area (Å²) in [6, 6.07) is 0. The van der Waals surface area contributed by atoms with Gasteiger partial charge in [-0.2, -0.15) is 0 Å². The summed E-state index contributed by atoms with van der Waals surface area (Å²) in [6.45, 7) is 16.7. The summed E-state index contributed by atoms with van der Waals surface area (Å²) < 4.78 is 6.15. The molecule has 0 bridgehead atoms. The smallest absolute Gasteiger partial charge is 0.0623 e. The summed E-state index contributed by atoms with van der Waals surface area (Å²) >= 11 is 0. The molecule has 0 spiro atoms. The second-order valence-electron chi connectivity index (χ2n) is 7.58. The maximum atomic E-state index is 6.15. The zero-order valence-corrected chi connectivity index (χ0v) is 13.2. The van der Waals surface area contributed by atoms with Gasteiger partial charge in [0.15, 0.2) is 0 Å². The van der Waals surface area contributed by atoms with E-state index in [1.165, 1.54) is 32.1 Å². The van der Waals surface area contributed by atoms with Gasteiger partial charge in [0.2, 0.25) is 0 Å². The molecule has 0 saturated heterocycles. The van der Waals surface area contributed by atoms with Gasteiger partial charge in [-0.15, -0.1) is 0 Å². The molecule has 0 saturated carbocycles. The lowest BCUT2D eigenvalue weighted by Crippen LogP contribution is -2.32. The maximum absolute atomic E-state index is 6.15. The highest BCUT2D eigenvalue weighted by molar-refractivity contribution is 4.76. The van der Waals surface area contributed by atoms with Crippen molar-refractivity contribution in [2.24, 2.45) is 10.8 Å². The molecule has 0 radical (unpaired) electrons. The number of rotatable bonds is 7. The van der Waals surface area contributed by atoms with Crippen LogP contribution in [0.15, 0.2) is 0 Å². The molecule has 0 heterocycles. The van der Waals surface area contributed by atoms with Crippen LogP contribution in [0.5, 0.6) is 0 Å². The van der Waals surface area contributed by atoms with Crippen molar-refractivity contribution in [2.75, 3.05) is 6.61 Å². The van der Waals surface area contributed by atoms with E-state index in [-0.39, 0.29) is 10.8 Å². The molecule has 0 aromatic rings. The first-order valence-electron chi connectivity index (χ1n) is 7.28. The van der Waals surface area contributed by atoms with Crippen molar-refractivity contribution in [1.82, 2.24) is 0 Å². The Kier molecular flexibility index (Phi) is 7.39. The highest BCUT2D eigenvalue weighted by Gasteiger charge is 2.26. The average Bonchev–Trinajstić information content (AvgIpc) is 2.13. The fourth-order valence-corrected chi connectivity index (χ4v) is 1.87. The van der Waals surface area contributed by atoms with Gasteiger partial charge in [0.25, 0.3) is 0 Å². The predicted molar refractivity (Wildman–Crippen MR) is 77.4 cm³/mol. The molecule has 1 heteroatoms. The van der Waals surface area contributed by atoms with Gasteiger partial charge in [-0.05, 0) is 17.3 Å². The Labute approximate surface area is 109 Å². The molecule has 104 valence electrons. The fraction of sp³-hybridized carbons (Fsp3) is 1.00. The van der Waals surface area contributed by atoms with Crippen LogP contribution in [0.2, 0.25) is 0 Å². The average molecular weight is 242 g/mol. The van der Waals surface area contributed by atoms with Crippen molar-refractivity contribution in [3.05, 3.63) is 0 Å². The zero-order valence-electron chi connectivity index (χ0n) is 13.2. The van der Waals surface area contributed by atoms with Crippen LogP contribution in [-0.2, 0) is 4.74 Å². The number of ether oxygens (including phenoxy) is 1. The third-order valence-electron chi connectivity index (χ3n) is 3.00. The van der Waals surface area contributed by atoms with E-state index in [0.717, 1.165) is 6.61 Å². The van der Waals surface area contributed by atoms with E-state index in [2.05, 4.69) is 48.5 Å². The Morgan fingerprint density at radius 2 is 1.47 bits per heavy atom. The van der Waals surface area contributed by atoms with E-state index in [1.54, 1.807) is 0 Å². The van der Waals surface area contributed by atoms with E-state index in [0.29, 0.717) is 6.10 Å². The van der Waals surface area contributed by atoms with E-state index in [4.69, 9.17) is 4.74 Å². The number of unbranched alkanes of at least 4 members (excludes halogenated alkanes) is 3. The largest absolute Gasteiger partial charge is 0.377 e. The SMILES string of the molecule is CCCCCCC(OCC(C)(C)C)C(C)(C)C. The van der Waals surface area contributed by atoms with Crippen molar-refractivity contribution in [3.63, 3.8) is 0 Å². The molecule has 0 aromatic heterocycles. The first-order valence-corrected chi connectivity index (χ1v) is 7.28. The summed E-state index contributed by atoms with van der Waals surface area (Å²) in [5.41, 5.74) is 0.532. The van der Waals surface area contributed by atoms with Crippen molar-refractivity contribution < 1.29 is 4.74 Å². The fourth-order valence-electron chi connectivity index (χ4n) is 1.87. The van der Waals surface area contributed by atoms with E-state index in [9.17, 15) is 0 Å². The van der Waals surface area contributed by atoms with Crippen LogP contribution >= 0.6 is 0 Å². The third kappa shape index (κ3) is 9.64. The second kappa shape index (κ2) is 7.41. The highest BCUT2D eigenvalue weighted by Crippen LogP contribution is 2.28. The number of hydrogen-bond acceptors (Lipinski definition) is 1. The molecule has 0 aliphatic carbocycles. The van der Waals surface area contributed by atoms with Gasteiger partial charge in [0.05, 0.1) is 12.7 Å². The minimum absolute atomic E-state index is 0.261. The molecular weight excluding hydrogens is 208 g/mol. The van der Waals surface area contributed by atoms with Crippen LogP contribution in [-0.4, -0.2) is 12.7 Å². The highest BCUT2D eigenvalue weighted by atomic mass is 16.5. The standard InChI is InChI=1S/C16H34O/c1-8-9-10-11-12-14(16(5,6)7)17-13-15(2,3)4/h14H,8-13H2,1-7H3. The van der Waals surface area contributed by atoms with Gasteiger partial charge < -0.3 is 4.74 Å². The Morgan fingerprint density at radius 1 is 0.882 bits per heavy atom. The topological polar surface area (TPSA) is 9.23 Å². The molecule has 0 rings (SSSR count). The lowest BCUT2D eigenvalue weighted by atomic mass is 9.85. The Balaban J connectivity index is 4.08. The Hall–Kier alpha value is -0.0400. The summed E-state index contributed by atoms with van der Waals surface area (Å²) in [5.74, 6) is 0. The summed E-state index contributed by atoms with van der Waals surface area (Å²) in [7, 11) is 0. The van der Waals surface area contributed by atoms with Gasteiger partial charge in [0, 0.05) is 0 Å². The van der Waals surface area contributed by atoms with Crippen molar-refractivity contribution in [3.8, 4) is 0 Å². The van der Waals surface area contributed by atoms with Gasteiger partial charge >= 0.3 is 0 Å². The first-order chi connectivity index (χ1) is 7.67. The van der Waals surface area contributed by atoms with Crippen LogP contribution < -0.4 is 0 Å². The van der Waals surface area contributed by atoms with E-state index >= 15 is 0 Å². The molecule has 1 atom stereocenters. The predicted octanol–water partition coefficient (Wildman–Crippen LogP) is 5.43. The van der Waals surface area contributed by atoms with Gasteiger partial charge in [-0.25, -0.2) is 0 Å². The van der Waals surface area contributed by atoms with Crippen LogP contribution in [0.1, 0.15) is 80.6 Å². The molecular formula is C16H34O. The number of hydrogen-bond donors (Lipinski definition) is 0. The Morgan fingerprint density at radius 3 is 1.88 bits per heavy atom. The summed E-state index contributed by atoms with van der Waals surface area (Å²) in [4.78, 5) is 0. The molecule has 0 fully saturated rings. The second-order valence-corrected chi connectivity index (χ2v) is 7.58. The minimum Gasteiger partial charge on any atom is -0.377 e. The molecule has 1 unspecified atom stereocenters. The van der Waals surface area contributed by atoms with Crippen LogP contribution in [0.4, 0.5) is 0 Å². The van der Waals surface area contributed by atoms with Crippen molar-refractivity contribution in [1.29, 1.82) is 0 Å². The normalized spacial score (nSPS) is 15.0. The third-order valence-corrected chi connectivity index (χ3v) is 3.00. The van der Waals surface area contributed by atoms with Crippen molar-refractivity contribution >= 4 is 0 Å². The molecule has 0 amide bonds. The minimum atomic E-state index is 0.261. The quantitative estimate of drug-likeness (QED) is 0.541.